The quantitative estimate of drug-likeness (QED) is 0.554. The molecule has 8 heteroatoms. The smallest absolute Gasteiger partial charge is 0.253 e. The molecule has 1 aliphatic carbocycles. The molecule has 1 saturated carbocycles. The average molecular weight is 553 g/mol. The minimum absolute atomic E-state index is 0.0230. The van der Waals surface area contributed by atoms with Gasteiger partial charge in [-0.15, -0.1) is 0 Å². The second kappa shape index (κ2) is 12.8. The fraction of sp³-hybridized carbons (Fsp3) is 0.594. The lowest BCUT2D eigenvalue weighted by atomic mass is 9.83. The Labute approximate surface area is 237 Å². The highest BCUT2D eigenvalue weighted by Gasteiger charge is 2.28. The zero-order valence-corrected chi connectivity index (χ0v) is 23.7. The van der Waals surface area contributed by atoms with E-state index in [4.69, 9.17) is 9.47 Å². The third-order valence-corrected chi connectivity index (χ3v) is 9.18. The van der Waals surface area contributed by atoms with Crippen LogP contribution in [-0.4, -0.2) is 75.4 Å². The summed E-state index contributed by atoms with van der Waals surface area (Å²) in [6.45, 7) is 7.29. The highest BCUT2D eigenvalue weighted by Crippen LogP contribution is 2.39. The van der Waals surface area contributed by atoms with Gasteiger partial charge in [0.15, 0.2) is 6.10 Å². The molecule has 6 rings (SSSR count). The minimum atomic E-state index is -0.262. The molecular weight excluding hydrogens is 507 g/mol. The van der Waals surface area contributed by atoms with Crippen molar-refractivity contribution in [3.05, 3.63) is 53.3 Å². The lowest BCUT2D eigenvalue weighted by Crippen LogP contribution is -2.89. The normalized spacial score (nSPS) is 22.9. The molecule has 1 amide bonds. The van der Waals surface area contributed by atoms with Crippen LogP contribution in [0.25, 0.3) is 0 Å². The number of halogens is 1. The van der Waals surface area contributed by atoms with Crippen LogP contribution in [0.2, 0.25) is 0 Å². The van der Waals surface area contributed by atoms with E-state index in [1.165, 1.54) is 43.7 Å². The largest absolute Gasteiger partial charge is 0.490 e. The lowest BCUT2D eigenvalue weighted by molar-refractivity contribution is -0.655. The number of hydrogen-bond donors (Lipinski definition) is 2. The first-order valence-corrected chi connectivity index (χ1v) is 15.6. The van der Waals surface area contributed by atoms with Crippen LogP contribution in [0.3, 0.4) is 0 Å². The van der Waals surface area contributed by atoms with Crippen molar-refractivity contribution in [3.8, 4) is 11.5 Å². The number of nitrogens with zero attached hydrogens (tertiary/aromatic N) is 2. The Morgan fingerprint density at radius 1 is 0.800 bits per heavy atom. The van der Waals surface area contributed by atoms with E-state index >= 15 is 0 Å². The van der Waals surface area contributed by atoms with Crippen molar-refractivity contribution < 1.29 is 29.3 Å². The van der Waals surface area contributed by atoms with Crippen LogP contribution in [-0.2, 0) is 0 Å². The Hall–Kier alpha value is -2.84. The average Bonchev–Trinajstić information content (AvgIpc) is 3.51. The molecule has 0 bridgehead atoms. The number of piperazine rings is 1. The first-order valence-electron chi connectivity index (χ1n) is 15.6. The first-order chi connectivity index (χ1) is 19.6. The van der Waals surface area contributed by atoms with Crippen LogP contribution in [0.5, 0.6) is 11.5 Å². The summed E-state index contributed by atoms with van der Waals surface area (Å²) < 4.78 is 27.1. The monoisotopic (exact) mass is 552 g/mol. The zero-order valence-electron chi connectivity index (χ0n) is 23.7. The Kier molecular flexibility index (Phi) is 8.73. The number of nitrogens with two attached hydrogens (primary N) is 2. The summed E-state index contributed by atoms with van der Waals surface area (Å²) >= 11 is 0. The number of likely N-dealkylation sites (tertiary alicyclic amines) is 1. The molecule has 1 atom stereocenters. The molecule has 0 aromatic heterocycles. The molecule has 0 spiro atoms. The molecule has 2 aromatic rings. The van der Waals surface area contributed by atoms with Crippen molar-refractivity contribution in [1.29, 1.82) is 0 Å². The van der Waals surface area contributed by atoms with E-state index in [0.29, 0.717) is 24.8 Å². The molecule has 4 N–H and O–H groups in total. The number of quaternary nitrogens is 2. The fourth-order valence-corrected chi connectivity index (χ4v) is 6.89. The Morgan fingerprint density at radius 3 is 2.35 bits per heavy atom. The second-order valence-corrected chi connectivity index (χ2v) is 12.0. The Morgan fingerprint density at radius 2 is 1.60 bits per heavy atom. The minimum Gasteiger partial charge on any atom is -0.490 e. The van der Waals surface area contributed by atoms with Gasteiger partial charge in [-0.2, -0.15) is 0 Å². The maximum absolute atomic E-state index is 14.4. The summed E-state index contributed by atoms with van der Waals surface area (Å²) in [6, 6.07) is 11.2. The Balaban J connectivity index is 1.09. The van der Waals surface area contributed by atoms with Crippen molar-refractivity contribution in [2.24, 2.45) is 0 Å². The number of hydrogen-bond acceptors (Lipinski definition) is 4. The lowest BCUT2D eigenvalue weighted by Gasteiger charge is -2.33. The molecule has 40 heavy (non-hydrogen) atoms. The van der Waals surface area contributed by atoms with Gasteiger partial charge in [0.25, 0.3) is 5.91 Å². The van der Waals surface area contributed by atoms with Crippen LogP contribution in [0.15, 0.2) is 36.4 Å². The van der Waals surface area contributed by atoms with Gasteiger partial charge in [0.05, 0.1) is 32.7 Å². The molecule has 3 aliphatic heterocycles. The first kappa shape index (κ1) is 27.3. The Bertz CT molecular complexity index is 1150. The molecule has 4 aliphatic rings. The summed E-state index contributed by atoms with van der Waals surface area (Å²) in [5.74, 6) is 1.86. The molecular formula is C32H45FN4O3+2. The number of anilines is 1. The molecule has 4 fully saturated rings. The molecule has 3 saturated heterocycles. The SMILES string of the molecule is O=C(c1ccc(O[C@H]2CC[NH2+]C2)c(C2CCCCC2)c1)N1CCC(Oc2cc(F)cc(N3CC[NH2+]CC3)c2)CC1. The number of ether oxygens (including phenoxy) is 2. The molecule has 2 aromatic carbocycles. The van der Waals surface area contributed by atoms with Gasteiger partial charge in [-0.1, -0.05) is 19.3 Å². The summed E-state index contributed by atoms with van der Waals surface area (Å²) in [6.07, 6.45) is 8.93. The van der Waals surface area contributed by atoms with Gasteiger partial charge in [-0.3, -0.25) is 4.79 Å². The highest BCUT2D eigenvalue weighted by atomic mass is 19.1. The number of piperidine rings is 1. The highest BCUT2D eigenvalue weighted by molar-refractivity contribution is 5.94. The van der Waals surface area contributed by atoms with E-state index < -0.39 is 0 Å². The van der Waals surface area contributed by atoms with Gasteiger partial charge >= 0.3 is 0 Å². The molecule has 3 heterocycles. The molecule has 0 radical (unpaired) electrons. The van der Waals surface area contributed by atoms with Crippen LogP contribution in [0.1, 0.15) is 73.2 Å². The number of benzene rings is 2. The van der Waals surface area contributed by atoms with Gasteiger partial charge in [-0.05, 0) is 48.6 Å². The number of carbonyl (C=O) groups is 1. The van der Waals surface area contributed by atoms with Crippen molar-refractivity contribution in [3.63, 3.8) is 0 Å². The standard InChI is InChI=1S/C32H43FN4O3/c33-25-19-26(36-16-12-34-13-17-36)21-29(20-25)39-27-9-14-37(15-10-27)32(38)24-6-7-31(40-28-8-11-35-22-28)30(18-24)23-4-2-1-3-5-23/h6-7,18-21,23,27-28,34-35H,1-5,8-17,22H2/p+2/t28-/m0/s1. The van der Waals surface area contributed by atoms with E-state index in [9.17, 15) is 9.18 Å². The fourth-order valence-electron chi connectivity index (χ4n) is 6.89. The summed E-state index contributed by atoms with van der Waals surface area (Å²) in [5.41, 5.74) is 2.88. The topological polar surface area (TPSA) is 75.2 Å². The molecule has 216 valence electrons. The predicted octanol–water partition coefficient (Wildman–Crippen LogP) is 2.65. The van der Waals surface area contributed by atoms with Gasteiger partial charge < -0.3 is 29.9 Å². The van der Waals surface area contributed by atoms with Crippen LogP contribution < -0.4 is 25.0 Å². The maximum Gasteiger partial charge on any atom is 0.253 e. The van der Waals surface area contributed by atoms with Crippen molar-refractivity contribution in [2.75, 3.05) is 57.3 Å². The molecule has 7 nitrogen and oxygen atoms in total. The van der Waals surface area contributed by atoms with Crippen LogP contribution >= 0.6 is 0 Å². The van der Waals surface area contributed by atoms with E-state index in [1.807, 2.05) is 23.1 Å². The van der Waals surface area contributed by atoms with Crippen LogP contribution in [0.4, 0.5) is 10.1 Å². The summed E-state index contributed by atoms with van der Waals surface area (Å²) in [5, 5.41) is 4.60. The number of amides is 1. The second-order valence-electron chi connectivity index (χ2n) is 12.0. The third kappa shape index (κ3) is 6.55. The van der Waals surface area contributed by atoms with Gasteiger partial charge in [0.2, 0.25) is 0 Å². The van der Waals surface area contributed by atoms with Crippen molar-refractivity contribution >= 4 is 11.6 Å². The summed E-state index contributed by atoms with van der Waals surface area (Å²) in [4.78, 5) is 17.8. The summed E-state index contributed by atoms with van der Waals surface area (Å²) in [7, 11) is 0. The van der Waals surface area contributed by atoms with Crippen molar-refractivity contribution in [1.82, 2.24) is 4.90 Å². The van der Waals surface area contributed by atoms with Crippen molar-refractivity contribution in [2.45, 2.75) is 69.5 Å². The van der Waals surface area contributed by atoms with E-state index in [0.717, 1.165) is 75.5 Å². The molecule has 0 unspecified atom stereocenters. The number of carbonyl (C=O) groups excluding carboxylic acids is 1. The third-order valence-electron chi connectivity index (χ3n) is 9.18. The zero-order chi connectivity index (χ0) is 27.3. The predicted molar refractivity (Wildman–Crippen MR) is 153 cm³/mol. The maximum atomic E-state index is 14.4. The van der Waals surface area contributed by atoms with E-state index in [2.05, 4.69) is 21.6 Å². The van der Waals surface area contributed by atoms with E-state index in [1.54, 1.807) is 6.07 Å². The van der Waals surface area contributed by atoms with E-state index in [-0.39, 0.29) is 23.9 Å². The van der Waals surface area contributed by atoms with Gasteiger partial charge in [0, 0.05) is 55.7 Å². The van der Waals surface area contributed by atoms with Gasteiger partial charge in [-0.25, -0.2) is 4.39 Å². The van der Waals surface area contributed by atoms with Crippen LogP contribution in [0, 0.1) is 5.82 Å². The number of rotatable bonds is 7. The van der Waals surface area contributed by atoms with Gasteiger partial charge in [0.1, 0.15) is 30.0 Å².